The second-order valence-electron chi connectivity index (χ2n) is 7.63. The number of benzene rings is 1. The zero-order chi connectivity index (χ0) is 24.4. The van der Waals surface area contributed by atoms with E-state index in [1.165, 1.54) is 0 Å². The molecule has 34 heavy (non-hydrogen) atoms. The number of anilines is 1. The zero-order valence-corrected chi connectivity index (χ0v) is 19.3. The smallest absolute Gasteiger partial charge is 0.341 e. The van der Waals surface area contributed by atoms with Gasteiger partial charge in [-0.3, -0.25) is 4.68 Å². The number of ether oxygens (including phenoxy) is 1. The van der Waals surface area contributed by atoms with E-state index >= 15 is 0 Å². The third kappa shape index (κ3) is 4.06. The maximum absolute atomic E-state index is 12.4. The van der Waals surface area contributed by atoms with Gasteiger partial charge in [0.15, 0.2) is 5.82 Å². The van der Waals surface area contributed by atoms with Crippen LogP contribution in [0.3, 0.4) is 0 Å². The number of nitrogen functional groups attached to an aromatic ring is 1. The highest BCUT2D eigenvalue weighted by molar-refractivity contribution is 5.92. The molecule has 0 saturated carbocycles. The summed E-state index contributed by atoms with van der Waals surface area (Å²) in [7, 11) is 1.81. The van der Waals surface area contributed by atoms with Gasteiger partial charge in [0.25, 0.3) is 0 Å². The largest absolute Gasteiger partial charge is 0.462 e. The van der Waals surface area contributed by atoms with Crippen molar-refractivity contribution in [2.45, 2.75) is 20.8 Å². The Morgan fingerprint density at radius 2 is 1.94 bits per heavy atom. The van der Waals surface area contributed by atoms with Gasteiger partial charge in [0.05, 0.1) is 29.6 Å². The Bertz CT molecular complexity index is 1480. The second kappa shape index (κ2) is 9.07. The third-order valence-corrected chi connectivity index (χ3v) is 5.35. The van der Waals surface area contributed by atoms with Crippen LogP contribution in [0, 0.1) is 25.2 Å². The van der Waals surface area contributed by atoms with Gasteiger partial charge in [-0.25, -0.2) is 14.5 Å². The Labute approximate surface area is 195 Å². The second-order valence-corrected chi connectivity index (χ2v) is 7.63. The predicted octanol–water partition coefficient (Wildman–Crippen LogP) is 3.52. The number of esters is 1. The van der Waals surface area contributed by atoms with Crippen LogP contribution in [0.15, 0.2) is 42.6 Å². The van der Waals surface area contributed by atoms with E-state index in [2.05, 4.69) is 26.2 Å². The molecule has 3 aromatic heterocycles. The van der Waals surface area contributed by atoms with Gasteiger partial charge in [0.2, 0.25) is 0 Å². The summed E-state index contributed by atoms with van der Waals surface area (Å²) in [5.74, 6) is 0.324. The normalized spacial score (nSPS) is 10.7. The van der Waals surface area contributed by atoms with Crippen molar-refractivity contribution in [2.75, 3.05) is 12.3 Å². The summed E-state index contributed by atoms with van der Waals surface area (Å²) in [6, 6.07) is 12.8. The molecule has 1 aromatic carbocycles. The number of nitrogens with zero attached hydrogens (tertiary/aromatic N) is 6. The molecule has 172 valence electrons. The topological polar surface area (TPSA) is 140 Å². The molecule has 0 unspecified atom stereocenters. The fraction of sp³-hybridized carbons (Fsp3) is 0.208. The molecular formula is C24H24N8O2. The molecule has 0 aliphatic heterocycles. The van der Waals surface area contributed by atoms with Crippen molar-refractivity contribution in [1.82, 2.24) is 29.5 Å². The first-order valence-electron chi connectivity index (χ1n) is 10.6. The average Bonchev–Trinajstić information content (AvgIpc) is 3.30. The molecule has 0 aliphatic carbocycles. The highest BCUT2D eigenvalue weighted by Gasteiger charge is 2.21. The molecule has 0 amide bonds. The number of nitrogens with two attached hydrogens (primary N) is 1. The fourth-order valence-corrected chi connectivity index (χ4v) is 3.78. The number of rotatable bonds is 4. The van der Waals surface area contributed by atoms with Gasteiger partial charge in [-0.2, -0.15) is 15.5 Å². The highest BCUT2D eigenvalue weighted by atomic mass is 16.5. The lowest BCUT2D eigenvalue weighted by Crippen LogP contribution is -2.08. The monoisotopic (exact) mass is 456 g/mol. The van der Waals surface area contributed by atoms with Crippen LogP contribution >= 0.6 is 0 Å². The van der Waals surface area contributed by atoms with Crippen LogP contribution in [0.2, 0.25) is 0 Å². The van der Waals surface area contributed by atoms with E-state index in [4.69, 9.17) is 15.7 Å². The quantitative estimate of drug-likeness (QED) is 0.448. The van der Waals surface area contributed by atoms with Crippen LogP contribution < -0.4 is 5.73 Å². The third-order valence-electron chi connectivity index (χ3n) is 5.35. The standard InChI is InChI=1S/C24H24N8O2/c1-5-34-24(33)21-14(2)29-32(15(21)3)20-12-19(26)28-23-18(10-11-27-20)22(30-31(23)4)17-8-6-16(13-25)7-9-17/h6-12,28H,5,26H2,1-4H3. The minimum Gasteiger partial charge on any atom is -0.462 e. The molecule has 0 radical (unpaired) electrons. The lowest BCUT2D eigenvalue weighted by Gasteiger charge is -2.04. The molecule has 10 heteroatoms. The molecule has 0 aliphatic rings. The Morgan fingerprint density at radius 1 is 1.21 bits per heavy atom. The van der Waals surface area contributed by atoms with Crippen LogP contribution in [0.1, 0.15) is 34.2 Å². The first kappa shape index (κ1) is 22.5. The average molecular weight is 457 g/mol. The molecule has 10 nitrogen and oxygen atoms in total. The Morgan fingerprint density at radius 3 is 2.62 bits per heavy atom. The van der Waals surface area contributed by atoms with Crippen molar-refractivity contribution in [3.8, 4) is 23.1 Å². The molecule has 3 heterocycles. The molecule has 0 fully saturated rings. The van der Waals surface area contributed by atoms with E-state index in [-0.39, 0.29) is 6.61 Å². The van der Waals surface area contributed by atoms with E-state index in [1.807, 2.05) is 25.2 Å². The summed E-state index contributed by atoms with van der Waals surface area (Å²) in [5, 5.41) is 19.0. The van der Waals surface area contributed by atoms with Gasteiger partial charge in [0.1, 0.15) is 22.7 Å². The summed E-state index contributed by atoms with van der Waals surface area (Å²) in [6.45, 7) is 5.56. The highest BCUT2D eigenvalue weighted by Crippen LogP contribution is 2.26. The van der Waals surface area contributed by atoms with E-state index in [1.54, 1.807) is 54.5 Å². The molecule has 4 aromatic rings. The van der Waals surface area contributed by atoms with Crippen LogP contribution in [-0.4, -0.2) is 42.1 Å². The van der Waals surface area contributed by atoms with Crippen LogP contribution in [0.25, 0.3) is 28.1 Å². The van der Waals surface area contributed by atoms with Gasteiger partial charge < -0.3 is 15.5 Å². The SMILES string of the molecule is CCOC(=O)c1c(C)nn(-c2cc(N)[nH]c3c(ccn2)c(-c2ccc(C#N)cc2)nn3C)c1C. The van der Waals surface area contributed by atoms with Gasteiger partial charge in [-0.1, -0.05) is 12.1 Å². The Balaban J connectivity index is 1.89. The zero-order valence-electron chi connectivity index (χ0n) is 19.3. The van der Waals surface area contributed by atoms with Gasteiger partial charge in [-0.05, 0) is 39.0 Å². The lowest BCUT2D eigenvalue weighted by atomic mass is 10.1. The maximum atomic E-state index is 12.4. The van der Waals surface area contributed by atoms with Crippen LogP contribution in [0.4, 0.5) is 5.82 Å². The van der Waals surface area contributed by atoms with Crippen LogP contribution in [-0.2, 0) is 11.8 Å². The summed E-state index contributed by atoms with van der Waals surface area (Å²) in [6.07, 6.45) is 1.64. The Kier molecular flexibility index (Phi) is 6.01. The number of hydrogen-bond acceptors (Lipinski definition) is 7. The Hall–Kier alpha value is -4.65. The first-order valence-corrected chi connectivity index (χ1v) is 10.6. The number of aromatic amines is 1. The fourth-order valence-electron chi connectivity index (χ4n) is 3.78. The van der Waals surface area contributed by atoms with Crippen molar-refractivity contribution in [2.24, 2.45) is 7.05 Å². The molecular weight excluding hydrogens is 432 g/mol. The van der Waals surface area contributed by atoms with Crippen LogP contribution in [0.5, 0.6) is 0 Å². The summed E-state index contributed by atoms with van der Waals surface area (Å²) in [5.41, 5.74) is 10.7. The van der Waals surface area contributed by atoms with E-state index in [9.17, 15) is 4.79 Å². The maximum Gasteiger partial charge on any atom is 0.341 e. The summed E-state index contributed by atoms with van der Waals surface area (Å²) >= 11 is 0. The number of aromatic nitrogens is 6. The molecule has 3 N–H and O–H groups in total. The molecule has 0 saturated heterocycles. The van der Waals surface area contributed by atoms with E-state index in [0.717, 1.165) is 10.9 Å². The van der Waals surface area contributed by atoms with E-state index < -0.39 is 5.97 Å². The van der Waals surface area contributed by atoms with Crippen molar-refractivity contribution in [3.63, 3.8) is 0 Å². The number of carbonyl (C=O) groups excluding carboxylic acids is 1. The molecule has 0 spiro atoms. The first-order chi connectivity index (χ1) is 16.3. The number of hydrogen-bond donors (Lipinski definition) is 2. The number of H-pyrrole nitrogens is 1. The number of nitriles is 1. The summed E-state index contributed by atoms with van der Waals surface area (Å²) < 4.78 is 8.43. The predicted molar refractivity (Wildman–Crippen MR) is 128 cm³/mol. The van der Waals surface area contributed by atoms with Gasteiger partial charge in [0, 0.05) is 30.3 Å². The summed E-state index contributed by atoms with van der Waals surface area (Å²) in [4.78, 5) is 20.1. The van der Waals surface area contributed by atoms with Crippen molar-refractivity contribution < 1.29 is 9.53 Å². The molecule has 0 atom stereocenters. The lowest BCUT2D eigenvalue weighted by molar-refractivity contribution is 0.0524. The van der Waals surface area contributed by atoms with Gasteiger partial charge in [-0.15, -0.1) is 0 Å². The van der Waals surface area contributed by atoms with Crippen molar-refractivity contribution >= 4 is 22.8 Å². The van der Waals surface area contributed by atoms with Crippen molar-refractivity contribution in [3.05, 3.63) is 65.1 Å². The molecule has 0 bridgehead atoms. The minimum atomic E-state index is -0.427. The number of aryl methyl sites for hydroxylation is 2. The number of nitrogens with one attached hydrogen (secondary N) is 1. The van der Waals surface area contributed by atoms with Gasteiger partial charge >= 0.3 is 5.97 Å². The minimum absolute atomic E-state index is 0.275. The molecule has 4 rings (SSSR count). The number of fused-ring (bicyclic) bond motifs is 1. The van der Waals surface area contributed by atoms with Crippen molar-refractivity contribution in [1.29, 1.82) is 5.26 Å². The number of carbonyl (C=O) groups is 1. The van der Waals surface area contributed by atoms with E-state index in [0.29, 0.717) is 45.5 Å².